The summed E-state index contributed by atoms with van der Waals surface area (Å²) in [5, 5.41) is 16.5. The molecule has 5 rings (SSSR count). The fourth-order valence-electron chi connectivity index (χ4n) is 3.68. The fraction of sp³-hybridized carbons (Fsp3) is 0.353. The van der Waals surface area contributed by atoms with E-state index in [9.17, 15) is 0 Å². The standard InChI is InChI=1S/C17H19N8S/c1-13-16(18-17-23(13)11-12-26-17)14-7-9-22(10-8-14)25-21-19-20-24(25)15-5-3-2-4-6-15/h2-6,11-12,14H,7-10H2,1H3/q+1. The van der Waals surface area contributed by atoms with Gasteiger partial charge < -0.3 is 0 Å². The summed E-state index contributed by atoms with van der Waals surface area (Å²) in [6.45, 7) is 3.96. The van der Waals surface area contributed by atoms with Crippen LogP contribution in [0.4, 0.5) is 0 Å². The molecule has 0 aliphatic carbocycles. The van der Waals surface area contributed by atoms with Crippen LogP contribution in [-0.4, -0.2) is 43.0 Å². The molecule has 0 radical (unpaired) electrons. The molecule has 26 heavy (non-hydrogen) atoms. The lowest BCUT2D eigenvalue weighted by Gasteiger charge is -2.28. The minimum atomic E-state index is 0.486. The molecule has 9 heteroatoms. The summed E-state index contributed by atoms with van der Waals surface area (Å²) in [4.78, 5) is 9.45. The van der Waals surface area contributed by atoms with E-state index in [0.717, 1.165) is 36.6 Å². The molecule has 132 valence electrons. The summed E-state index contributed by atoms with van der Waals surface area (Å²) < 4.78 is 2.19. The van der Waals surface area contributed by atoms with E-state index in [-0.39, 0.29) is 0 Å². The molecule has 0 atom stereocenters. The number of para-hydroxylation sites is 1. The predicted octanol–water partition coefficient (Wildman–Crippen LogP) is 1.48. The van der Waals surface area contributed by atoms with Crippen molar-refractivity contribution >= 4 is 16.3 Å². The topological polar surface area (TPSA) is 68.0 Å². The van der Waals surface area contributed by atoms with Crippen LogP contribution in [0.1, 0.15) is 30.1 Å². The van der Waals surface area contributed by atoms with Crippen LogP contribution in [0.25, 0.3) is 10.6 Å². The normalized spacial score (nSPS) is 15.8. The van der Waals surface area contributed by atoms with E-state index in [4.69, 9.17) is 4.98 Å². The SMILES string of the molecule is Cc1c(C2CCN(n3nnn[n+]3-c3ccccc3)CC2)nc2sccn12. The van der Waals surface area contributed by atoms with Gasteiger partial charge in [-0.2, -0.15) is 0 Å². The second-order valence-electron chi connectivity index (χ2n) is 6.53. The molecular formula is C17H19N8S+. The van der Waals surface area contributed by atoms with Crippen LogP contribution in [0, 0.1) is 6.92 Å². The summed E-state index contributed by atoms with van der Waals surface area (Å²) in [5.74, 6) is 0.486. The number of piperidine rings is 1. The van der Waals surface area contributed by atoms with Gasteiger partial charge in [0.05, 0.1) is 23.7 Å². The molecule has 1 aromatic carbocycles. The molecule has 8 nitrogen and oxygen atoms in total. The average molecular weight is 367 g/mol. The summed E-state index contributed by atoms with van der Waals surface area (Å²) in [7, 11) is 0. The molecular weight excluding hydrogens is 348 g/mol. The molecule has 3 aromatic heterocycles. The fourth-order valence-corrected chi connectivity index (χ4v) is 4.44. The highest BCUT2D eigenvalue weighted by Crippen LogP contribution is 2.30. The van der Waals surface area contributed by atoms with Gasteiger partial charge in [-0.3, -0.25) is 4.40 Å². The van der Waals surface area contributed by atoms with Crippen molar-refractivity contribution in [1.82, 2.24) is 29.9 Å². The molecule has 1 fully saturated rings. The van der Waals surface area contributed by atoms with Gasteiger partial charge in [-0.25, -0.2) is 9.99 Å². The van der Waals surface area contributed by atoms with Crippen LogP contribution < -0.4 is 9.81 Å². The smallest absolute Gasteiger partial charge is 0.194 e. The zero-order valence-electron chi connectivity index (χ0n) is 14.4. The Balaban J connectivity index is 1.36. The van der Waals surface area contributed by atoms with Crippen LogP contribution in [-0.2, 0) is 0 Å². The zero-order chi connectivity index (χ0) is 17.5. The van der Waals surface area contributed by atoms with Crippen molar-refractivity contribution in [2.75, 3.05) is 18.1 Å². The van der Waals surface area contributed by atoms with Gasteiger partial charge in [0.1, 0.15) is 10.9 Å². The van der Waals surface area contributed by atoms with E-state index in [1.807, 2.05) is 30.3 Å². The van der Waals surface area contributed by atoms with Gasteiger partial charge in [-0.15, -0.1) is 11.3 Å². The van der Waals surface area contributed by atoms with E-state index in [0.29, 0.717) is 5.92 Å². The molecule has 4 aromatic rings. The van der Waals surface area contributed by atoms with Crippen molar-refractivity contribution in [3.8, 4) is 5.69 Å². The molecule has 1 saturated heterocycles. The lowest BCUT2D eigenvalue weighted by Crippen LogP contribution is -2.56. The molecule has 1 aliphatic rings. The molecule has 0 saturated carbocycles. The lowest BCUT2D eigenvalue weighted by atomic mass is 9.93. The summed E-state index contributed by atoms with van der Waals surface area (Å²) in [6, 6.07) is 9.96. The van der Waals surface area contributed by atoms with Gasteiger partial charge in [0, 0.05) is 23.2 Å². The maximum Gasteiger partial charge on any atom is 0.194 e. The highest BCUT2D eigenvalue weighted by atomic mass is 32.1. The minimum absolute atomic E-state index is 0.486. The first-order valence-corrected chi connectivity index (χ1v) is 9.63. The molecule has 0 bridgehead atoms. The molecule has 1 aliphatic heterocycles. The summed E-state index contributed by atoms with van der Waals surface area (Å²) in [6.07, 6.45) is 4.19. The van der Waals surface area contributed by atoms with Crippen molar-refractivity contribution < 1.29 is 4.80 Å². The van der Waals surface area contributed by atoms with Crippen molar-refractivity contribution in [2.45, 2.75) is 25.7 Å². The van der Waals surface area contributed by atoms with E-state index in [1.165, 1.54) is 11.4 Å². The van der Waals surface area contributed by atoms with Gasteiger partial charge in [0.15, 0.2) is 15.4 Å². The molecule has 0 N–H and O–H groups in total. The van der Waals surface area contributed by atoms with Crippen LogP contribution in [0.3, 0.4) is 0 Å². The Bertz CT molecular complexity index is 1030. The summed E-state index contributed by atoms with van der Waals surface area (Å²) >= 11 is 1.69. The van der Waals surface area contributed by atoms with E-state index >= 15 is 0 Å². The van der Waals surface area contributed by atoms with Crippen LogP contribution in [0.2, 0.25) is 0 Å². The molecule has 0 unspecified atom stereocenters. The first-order valence-electron chi connectivity index (χ1n) is 8.75. The van der Waals surface area contributed by atoms with Gasteiger partial charge >= 0.3 is 0 Å². The number of aromatic nitrogens is 7. The first kappa shape index (κ1) is 15.4. The van der Waals surface area contributed by atoms with Crippen LogP contribution in [0.5, 0.6) is 0 Å². The Morgan fingerprint density at radius 3 is 2.73 bits per heavy atom. The third-order valence-corrected chi connectivity index (χ3v) is 5.81. The lowest BCUT2D eigenvalue weighted by molar-refractivity contribution is -0.746. The Morgan fingerprint density at radius 2 is 1.96 bits per heavy atom. The van der Waals surface area contributed by atoms with Gasteiger partial charge in [0.25, 0.3) is 0 Å². The van der Waals surface area contributed by atoms with E-state index < -0.39 is 0 Å². The second-order valence-corrected chi connectivity index (χ2v) is 7.40. The van der Waals surface area contributed by atoms with Crippen molar-refractivity contribution in [3.05, 3.63) is 53.3 Å². The molecule has 0 spiro atoms. The maximum absolute atomic E-state index is 4.86. The van der Waals surface area contributed by atoms with Crippen molar-refractivity contribution in [3.63, 3.8) is 0 Å². The zero-order valence-corrected chi connectivity index (χ0v) is 15.2. The Labute approximate surface area is 154 Å². The highest BCUT2D eigenvalue weighted by molar-refractivity contribution is 7.15. The Morgan fingerprint density at radius 1 is 1.15 bits per heavy atom. The number of hydrogen-bond donors (Lipinski definition) is 0. The third-order valence-electron chi connectivity index (χ3n) is 5.05. The molecule has 4 heterocycles. The largest absolute Gasteiger partial charge is 0.295 e. The Hall–Kier alpha value is -2.81. The number of thiazole rings is 1. The van der Waals surface area contributed by atoms with E-state index in [2.05, 4.69) is 43.6 Å². The minimum Gasteiger partial charge on any atom is -0.295 e. The number of aryl methyl sites for hydroxylation is 1. The summed E-state index contributed by atoms with van der Waals surface area (Å²) in [5.41, 5.74) is 3.45. The highest BCUT2D eigenvalue weighted by Gasteiger charge is 2.30. The number of benzene rings is 1. The van der Waals surface area contributed by atoms with Crippen molar-refractivity contribution in [2.24, 2.45) is 0 Å². The maximum atomic E-state index is 4.86. The van der Waals surface area contributed by atoms with Gasteiger partial charge in [-0.05, 0) is 36.7 Å². The van der Waals surface area contributed by atoms with Gasteiger partial charge in [-0.1, -0.05) is 18.2 Å². The number of fused-ring (bicyclic) bond motifs is 1. The second kappa shape index (κ2) is 6.17. The molecule has 0 amide bonds. The number of rotatable bonds is 3. The quantitative estimate of drug-likeness (QED) is 0.513. The number of imidazole rings is 1. The average Bonchev–Trinajstić information content (AvgIpc) is 3.41. The predicted molar refractivity (Wildman–Crippen MR) is 97.1 cm³/mol. The van der Waals surface area contributed by atoms with Crippen molar-refractivity contribution in [1.29, 1.82) is 0 Å². The number of hydrogen-bond acceptors (Lipinski definition) is 6. The van der Waals surface area contributed by atoms with Crippen LogP contribution in [0.15, 0.2) is 41.9 Å². The van der Waals surface area contributed by atoms with Gasteiger partial charge in [0.2, 0.25) is 0 Å². The van der Waals surface area contributed by atoms with Crippen LogP contribution >= 0.6 is 11.3 Å². The third kappa shape index (κ3) is 2.47. The monoisotopic (exact) mass is 367 g/mol. The van der Waals surface area contributed by atoms with E-state index in [1.54, 1.807) is 21.0 Å². The number of nitrogens with zero attached hydrogens (tertiary/aromatic N) is 8. The Kier molecular flexibility index (Phi) is 3.66. The first-order chi connectivity index (χ1) is 12.8.